The van der Waals surface area contributed by atoms with Crippen LogP contribution < -0.4 is 0 Å². The van der Waals surface area contributed by atoms with Crippen LogP contribution in [0.15, 0.2) is 69.9 Å². The zero-order valence-corrected chi connectivity index (χ0v) is 24.5. The van der Waals surface area contributed by atoms with Gasteiger partial charge in [-0.15, -0.1) is 0 Å². The summed E-state index contributed by atoms with van der Waals surface area (Å²) in [6, 6.07) is 0. The third kappa shape index (κ3) is 5.84. The molecule has 1 heteroatoms. The van der Waals surface area contributed by atoms with E-state index in [9.17, 15) is 4.79 Å². The second-order valence-electron chi connectivity index (χ2n) is 14.2. The van der Waals surface area contributed by atoms with Gasteiger partial charge in [0.1, 0.15) is 0 Å². The first-order valence-electron chi connectivity index (χ1n) is 13.0. The molecule has 188 valence electrons. The molecule has 0 bridgehead atoms. The standard InChI is InChI=1S/C33H50O/c1-15-21-17-23(30(3,4)5)27(24(18-21)31(6,7)8)29(34)28-25(32(9,10)11)19-22(16-2)20-26(28)33(12,13)14/h15-20,27-28H,1-14H3. The fourth-order valence-electron chi connectivity index (χ4n) is 5.18. The van der Waals surface area contributed by atoms with Crippen molar-refractivity contribution in [3.63, 3.8) is 0 Å². The summed E-state index contributed by atoms with van der Waals surface area (Å²) in [5.41, 5.74) is 6.90. The van der Waals surface area contributed by atoms with E-state index in [0.29, 0.717) is 5.78 Å². The average Bonchev–Trinajstić information content (AvgIpc) is 2.68. The normalized spacial score (nSPS) is 22.5. The Morgan fingerprint density at radius 1 is 0.529 bits per heavy atom. The van der Waals surface area contributed by atoms with Crippen LogP contribution in [0.5, 0.6) is 0 Å². The van der Waals surface area contributed by atoms with Gasteiger partial charge in [0.15, 0.2) is 5.78 Å². The second-order valence-corrected chi connectivity index (χ2v) is 14.2. The van der Waals surface area contributed by atoms with E-state index in [4.69, 9.17) is 0 Å². The Balaban J connectivity index is 2.88. The Bertz CT molecular complexity index is 852. The van der Waals surface area contributed by atoms with Crippen molar-refractivity contribution >= 4 is 5.78 Å². The molecule has 0 unspecified atom stereocenters. The van der Waals surface area contributed by atoms with Gasteiger partial charge in [0.2, 0.25) is 0 Å². The van der Waals surface area contributed by atoms with Crippen LogP contribution in [-0.2, 0) is 4.79 Å². The van der Waals surface area contributed by atoms with Crippen molar-refractivity contribution in [3.05, 3.63) is 69.9 Å². The summed E-state index contributed by atoms with van der Waals surface area (Å²) in [5.74, 6) is -0.121. The molecule has 0 radical (unpaired) electrons. The highest BCUT2D eigenvalue weighted by Gasteiger charge is 2.47. The Labute approximate surface area is 210 Å². The molecule has 0 aromatic heterocycles. The van der Waals surface area contributed by atoms with E-state index in [0.717, 1.165) is 0 Å². The third-order valence-electron chi connectivity index (χ3n) is 7.23. The van der Waals surface area contributed by atoms with E-state index in [1.807, 2.05) is 0 Å². The molecule has 2 rings (SSSR count). The van der Waals surface area contributed by atoms with Gasteiger partial charge in [-0.25, -0.2) is 0 Å². The number of ketones is 1. The number of hydrogen-bond donors (Lipinski definition) is 0. The molecule has 0 aromatic carbocycles. The molecule has 0 saturated heterocycles. The lowest BCUT2D eigenvalue weighted by molar-refractivity contribution is -0.124. The summed E-state index contributed by atoms with van der Waals surface area (Å²) in [4.78, 5) is 15.0. The van der Waals surface area contributed by atoms with Crippen LogP contribution in [0.2, 0.25) is 0 Å². The van der Waals surface area contributed by atoms with Gasteiger partial charge >= 0.3 is 0 Å². The molecule has 0 fully saturated rings. The Morgan fingerprint density at radius 2 is 0.735 bits per heavy atom. The highest BCUT2D eigenvalue weighted by atomic mass is 16.1. The van der Waals surface area contributed by atoms with Gasteiger partial charge in [0, 0.05) is 0 Å². The summed E-state index contributed by atoms with van der Waals surface area (Å²) >= 11 is 0. The van der Waals surface area contributed by atoms with Crippen molar-refractivity contribution in [1.29, 1.82) is 0 Å². The highest BCUT2D eigenvalue weighted by molar-refractivity contribution is 5.95. The van der Waals surface area contributed by atoms with Crippen LogP contribution in [-0.4, -0.2) is 5.78 Å². The predicted molar refractivity (Wildman–Crippen MR) is 150 cm³/mol. The fraction of sp³-hybridized carbons (Fsp3) is 0.606. The monoisotopic (exact) mass is 462 g/mol. The van der Waals surface area contributed by atoms with Crippen LogP contribution in [0.1, 0.15) is 96.9 Å². The zero-order chi connectivity index (χ0) is 26.4. The maximum Gasteiger partial charge on any atom is 0.155 e. The number of Topliss-reactive ketones (excluding diaryl/α,β-unsaturated/α-hetero) is 1. The van der Waals surface area contributed by atoms with Crippen molar-refractivity contribution < 1.29 is 4.79 Å². The molecule has 0 aliphatic heterocycles. The molecule has 34 heavy (non-hydrogen) atoms. The van der Waals surface area contributed by atoms with Gasteiger partial charge in [0.25, 0.3) is 0 Å². The van der Waals surface area contributed by atoms with Crippen LogP contribution in [0.25, 0.3) is 0 Å². The second kappa shape index (κ2) is 9.29. The lowest BCUT2D eigenvalue weighted by atomic mass is 9.58. The minimum atomic E-state index is -0.225. The SMILES string of the molecule is CC=C1C=C(C(C)(C)C)C(C(=O)C2C(C(C)(C)C)=CC(=CC)C=C2C(C)(C)C)C(C(C)(C)C)=C1. The largest absolute Gasteiger partial charge is 0.298 e. The lowest BCUT2D eigenvalue weighted by Gasteiger charge is -2.44. The smallest absolute Gasteiger partial charge is 0.155 e. The minimum absolute atomic E-state index is 0.111. The first-order valence-corrected chi connectivity index (χ1v) is 13.0. The molecule has 0 spiro atoms. The Morgan fingerprint density at radius 3 is 0.882 bits per heavy atom. The summed E-state index contributed by atoms with van der Waals surface area (Å²) in [7, 11) is 0. The molecule has 0 aromatic rings. The first kappa shape index (κ1) is 28.3. The molecule has 1 nitrogen and oxygen atoms in total. The number of carbonyl (C=O) groups excluding carboxylic acids is 1. The van der Waals surface area contributed by atoms with Crippen LogP contribution in [0, 0.1) is 33.5 Å². The van der Waals surface area contributed by atoms with Crippen molar-refractivity contribution in [2.75, 3.05) is 0 Å². The number of allylic oxidation sites excluding steroid dienone is 12. The van der Waals surface area contributed by atoms with Crippen LogP contribution in [0.4, 0.5) is 0 Å². The van der Waals surface area contributed by atoms with Gasteiger partial charge < -0.3 is 0 Å². The molecule has 0 atom stereocenters. The maximum atomic E-state index is 15.0. The summed E-state index contributed by atoms with van der Waals surface area (Å²) in [6.45, 7) is 31.2. The van der Waals surface area contributed by atoms with E-state index in [2.05, 4.69) is 133 Å². The van der Waals surface area contributed by atoms with E-state index in [1.165, 1.54) is 33.4 Å². The maximum absolute atomic E-state index is 15.0. The lowest BCUT2D eigenvalue weighted by Crippen LogP contribution is -2.41. The third-order valence-corrected chi connectivity index (χ3v) is 7.23. The molecule has 0 N–H and O–H groups in total. The van der Waals surface area contributed by atoms with E-state index < -0.39 is 0 Å². The average molecular weight is 463 g/mol. The van der Waals surface area contributed by atoms with Gasteiger partial charge in [0.05, 0.1) is 11.8 Å². The van der Waals surface area contributed by atoms with Crippen molar-refractivity contribution in [3.8, 4) is 0 Å². The number of rotatable bonds is 2. The van der Waals surface area contributed by atoms with Gasteiger partial charge in [-0.2, -0.15) is 0 Å². The van der Waals surface area contributed by atoms with E-state index >= 15 is 0 Å². The molecule has 0 amide bonds. The molecule has 2 aliphatic rings. The van der Waals surface area contributed by atoms with Gasteiger partial charge in [-0.1, -0.05) is 120 Å². The van der Waals surface area contributed by atoms with E-state index in [-0.39, 0.29) is 33.5 Å². The number of hydrogen-bond acceptors (Lipinski definition) is 1. The van der Waals surface area contributed by atoms with Gasteiger partial charge in [-0.3, -0.25) is 4.79 Å². The first-order chi connectivity index (χ1) is 15.2. The predicted octanol–water partition coefficient (Wildman–Crippen LogP) is 9.60. The van der Waals surface area contributed by atoms with Crippen molar-refractivity contribution in [1.82, 2.24) is 0 Å². The van der Waals surface area contributed by atoms with Gasteiger partial charge in [-0.05, 0) is 68.9 Å². The zero-order valence-electron chi connectivity index (χ0n) is 24.5. The van der Waals surface area contributed by atoms with E-state index in [1.54, 1.807) is 0 Å². The van der Waals surface area contributed by atoms with Crippen LogP contribution in [0.3, 0.4) is 0 Å². The Hall–Kier alpha value is -1.89. The highest BCUT2D eigenvalue weighted by Crippen LogP contribution is 2.52. The Kier molecular flexibility index (Phi) is 7.74. The molecular weight excluding hydrogens is 412 g/mol. The quantitative estimate of drug-likeness (QED) is 0.399. The molecular formula is C33H50O. The molecule has 0 heterocycles. The van der Waals surface area contributed by atoms with Crippen LogP contribution >= 0.6 is 0 Å². The van der Waals surface area contributed by atoms with Crippen molar-refractivity contribution in [2.45, 2.75) is 96.9 Å². The summed E-state index contributed by atoms with van der Waals surface area (Å²) in [6.07, 6.45) is 13.4. The minimum Gasteiger partial charge on any atom is -0.298 e. The summed E-state index contributed by atoms with van der Waals surface area (Å²) in [5, 5.41) is 0. The summed E-state index contributed by atoms with van der Waals surface area (Å²) < 4.78 is 0. The fourth-order valence-corrected chi connectivity index (χ4v) is 5.18. The number of carbonyl (C=O) groups is 1. The molecule has 2 aliphatic carbocycles. The van der Waals surface area contributed by atoms with Crippen molar-refractivity contribution in [2.24, 2.45) is 33.5 Å². The topological polar surface area (TPSA) is 17.1 Å². The molecule has 0 saturated carbocycles.